The van der Waals surface area contributed by atoms with Crippen molar-refractivity contribution in [2.24, 2.45) is 0 Å². The molecule has 0 unspecified atom stereocenters. The summed E-state index contributed by atoms with van der Waals surface area (Å²) in [4.78, 5) is 40.3. The van der Waals surface area contributed by atoms with Gasteiger partial charge in [0, 0.05) is 12.7 Å². The fourth-order valence-electron chi connectivity index (χ4n) is 3.28. The minimum Gasteiger partial charge on any atom is -0.497 e. The number of likely N-dealkylation sites (N-methyl/N-ethyl adjacent to an activating group) is 1. The molecular weight excluding hydrogens is 370 g/mol. The molecule has 1 N–H and O–H groups in total. The molecule has 152 valence electrons. The molecule has 1 aliphatic heterocycles. The number of para-hydroxylation sites is 1. The summed E-state index contributed by atoms with van der Waals surface area (Å²) in [6, 6.07) is 16.1. The molecule has 0 aliphatic carbocycles. The first-order valence-electron chi connectivity index (χ1n) is 9.43. The lowest BCUT2D eigenvalue weighted by atomic mass is 9.93. The number of anilines is 1. The summed E-state index contributed by atoms with van der Waals surface area (Å²) in [5.74, 6) is 0.0439. The van der Waals surface area contributed by atoms with Crippen LogP contribution in [0.2, 0.25) is 0 Å². The van der Waals surface area contributed by atoms with Crippen LogP contribution >= 0.6 is 0 Å². The van der Waals surface area contributed by atoms with E-state index in [9.17, 15) is 14.4 Å². The summed E-state index contributed by atoms with van der Waals surface area (Å²) in [5.41, 5.74) is 0.696. The lowest BCUT2D eigenvalue weighted by molar-refractivity contribution is -0.134. The molecule has 0 aromatic heterocycles. The molecule has 7 nitrogen and oxygen atoms in total. The summed E-state index contributed by atoms with van der Waals surface area (Å²) in [7, 11) is 3.23. The molecule has 3 rings (SSSR count). The summed E-state index contributed by atoms with van der Waals surface area (Å²) in [6.07, 6.45) is 1.04. The van der Waals surface area contributed by atoms with Crippen molar-refractivity contribution in [3.05, 3.63) is 60.2 Å². The summed E-state index contributed by atoms with van der Waals surface area (Å²) < 4.78 is 5.15. The normalized spacial score (nSPS) is 18.5. The number of urea groups is 1. The minimum absolute atomic E-state index is 0.297. The average molecular weight is 395 g/mol. The van der Waals surface area contributed by atoms with Crippen molar-refractivity contribution in [1.82, 2.24) is 10.2 Å². The Balaban J connectivity index is 1.64. The first-order valence-corrected chi connectivity index (χ1v) is 9.43. The number of nitrogens with one attached hydrogen (secondary N) is 1. The highest BCUT2D eigenvalue weighted by atomic mass is 16.5. The number of aryl methyl sites for hydroxylation is 1. The number of carbonyl (C=O) groups excluding carboxylic acids is 3. The highest BCUT2D eigenvalue weighted by Gasteiger charge is 2.48. The minimum atomic E-state index is -1.04. The van der Waals surface area contributed by atoms with E-state index in [-0.39, 0.29) is 18.4 Å². The van der Waals surface area contributed by atoms with Crippen molar-refractivity contribution in [3.63, 3.8) is 0 Å². The molecule has 0 saturated carbocycles. The van der Waals surface area contributed by atoms with E-state index in [0.29, 0.717) is 18.5 Å². The fraction of sp³-hybridized carbons (Fsp3) is 0.318. The first kappa shape index (κ1) is 20.4. The number of imide groups is 1. The van der Waals surface area contributed by atoms with Crippen molar-refractivity contribution < 1.29 is 19.1 Å². The quantitative estimate of drug-likeness (QED) is 0.731. The zero-order chi connectivity index (χ0) is 21.0. The van der Waals surface area contributed by atoms with E-state index in [0.717, 1.165) is 16.2 Å². The van der Waals surface area contributed by atoms with E-state index in [2.05, 4.69) is 5.32 Å². The highest BCUT2D eigenvalue weighted by Crippen LogP contribution is 2.24. The van der Waals surface area contributed by atoms with Gasteiger partial charge in [0.2, 0.25) is 5.91 Å². The van der Waals surface area contributed by atoms with E-state index < -0.39 is 11.6 Å². The maximum Gasteiger partial charge on any atom is 0.325 e. The van der Waals surface area contributed by atoms with Gasteiger partial charge in [-0.05, 0) is 49.6 Å². The Morgan fingerprint density at radius 1 is 1.10 bits per heavy atom. The Morgan fingerprint density at radius 3 is 2.38 bits per heavy atom. The number of hydrogen-bond acceptors (Lipinski definition) is 4. The molecule has 2 aromatic rings. The summed E-state index contributed by atoms with van der Waals surface area (Å²) >= 11 is 0. The Bertz CT molecular complexity index is 898. The third-order valence-corrected chi connectivity index (χ3v) is 5.23. The molecule has 29 heavy (non-hydrogen) atoms. The number of benzene rings is 2. The fourth-order valence-corrected chi connectivity index (χ4v) is 3.28. The predicted molar refractivity (Wildman–Crippen MR) is 110 cm³/mol. The molecular formula is C22H25N3O4. The van der Waals surface area contributed by atoms with Crippen LogP contribution in [0.5, 0.6) is 5.75 Å². The van der Waals surface area contributed by atoms with Crippen LogP contribution in [-0.4, -0.2) is 49.0 Å². The van der Waals surface area contributed by atoms with Crippen LogP contribution in [0.15, 0.2) is 54.6 Å². The predicted octanol–water partition coefficient (Wildman–Crippen LogP) is 2.60. The van der Waals surface area contributed by atoms with Crippen molar-refractivity contribution in [1.29, 1.82) is 0 Å². The van der Waals surface area contributed by atoms with Crippen LogP contribution in [-0.2, 0) is 16.0 Å². The van der Waals surface area contributed by atoms with E-state index in [1.165, 1.54) is 4.90 Å². The van der Waals surface area contributed by atoms with Gasteiger partial charge >= 0.3 is 6.03 Å². The lowest BCUT2D eigenvalue weighted by Crippen LogP contribution is -2.45. The topological polar surface area (TPSA) is 79.0 Å². The maximum atomic E-state index is 12.9. The van der Waals surface area contributed by atoms with Crippen LogP contribution in [0.4, 0.5) is 10.5 Å². The Kier molecular flexibility index (Phi) is 5.87. The molecule has 1 heterocycles. The van der Waals surface area contributed by atoms with Crippen LogP contribution < -0.4 is 15.0 Å². The second-order valence-corrected chi connectivity index (χ2v) is 7.29. The van der Waals surface area contributed by atoms with Gasteiger partial charge in [-0.15, -0.1) is 0 Å². The van der Waals surface area contributed by atoms with Gasteiger partial charge in [0.05, 0.1) is 7.11 Å². The second-order valence-electron chi connectivity index (χ2n) is 7.29. The van der Waals surface area contributed by atoms with Crippen LogP contribution in [0.25, 0.3) is 0 Å². The Hall–Kier alpha value is -3.35. The van der Waals surface area contributed by atoms with Crippen LogP contribution in [0.3, 0.4) is 0 Å². The monoisotopic (exact) mass is 395 g/mol. The average Bonchev–Trinajstić information content (AvgIpc) is 2.96. The van der Waals surface area contributed by atoms with Gasteiger partial charge in [-0.2, -0.15) is 0 Å². The molecule has 0 radical (unpaired) electrons. The zero-order valence-corrected chi connectivity index (χ0v) is 16.8. The molecule has 1 atom stereocenters. The second kappa shape index (κ2) is 8.34. The van der Waals surface area contributed by atoms with Gasteiger partial charge in [0.1, 0.15) is 17.8 Å². The molecule has 0 spiro atoms. The molecule has 0 bridgehead atoms. The van der Waals surface area contributed by atoms with Gasteiger partial charge in [-0.3, -0.25) is 14.5 Å². The van der Waals surface area contributed by atoms with Crippen molar-refractivity contribution in [2.75, 3.05) is 25.6 Å². The zero-order valence-electron chi connectivity index (χ0n) is 16.8. The third-order valence-electron chi connectivity index (χ3n) is 5.23. The number of methoxy groups -OCH3 is 1. The highest BCUT2D eigenvalue weighted by molar-refractivity contribution is 6.10. The van der Waals surface area contributed by atoms with E-state index in [1.807, 2.05) is 42.5 Å². The van der Waals surface area contributed by atoms with Crippen LogP contribution in [0.1, 0.15) is 18.9 Å². The van der Waals surface area contributed by atoms with E-state index in [1.54, 1.807) is 33.2 Å². The number of rotatable bonds is 7. The lowest BCUT2D eigenvalue weighted by Gasteiger charge is -2.23. The molecule has 4 amide bonds. The van der Waals surface area contributed by atoms with Crippen molar-refractivity contribution in [3.8, 4) is 5.75 Å². The molecule has 1 aliphatic rings. The molecule has 7 heteroatoms. The van der Waals surface area contributed by atoms with Crippen molar-refractivity contribution in [2.45, 2.75) is 25.3 Å². The van der Waals surface area contributed by atoms with E-state index >= 15 is 0 Å². The summed E-state index contributed by atoms with van der Waals surface area (Å²) in [6.45, 7) is 1.40. The van der Waals surface area contributed by atoms with E-state index in [4.69, 9.17) is 4.74 Å². The van der Waals surface area contributed by atoms with Gasteiger partial charge in [0.25, 0.3) is 5.91 Å². The number of carbonyl (C=O) groups is 3. The Morgan fingerprint density at radius 2 is 1.76 bits per heavy atom. The number of hydrogen-bond donors (Lipinski definition) is 1. The number of nitrogens with zero attached hydrogens (tertiary/aromatic N) is 2. The molecule has 2 aromatic carbocycles. The van der Waals surface area contributed by atoms with Gasteiger partial charge < -0.3 is 15.0 Å². The molecule has 1 fully saturated rings. The summed E-state index contributed by atoms with van der Waals surface area (Å²) in [5, 5.41) is 2.75. The van der Waals surface area contributed by atoms with Gasteiger partial charge in [-0.1, -0.05) is 30.3 Å². The standard InChI is InChI=1S/C22H25N3O4/c1-22(14-13-16-9-11-18(29-3)12-10-16)20(27)25(21(28)23-22)15-19(26)24(2)17-7-5-4-6-8-17/h4-12H,13-15H2,1-3H3,(H,23,28)/t22-/m0/s1. The van der Waals surface area contributed by atoms with Crippen LogP contribution in [0, 0.1) is 0 Å². The number of ether oxygens (including phenoxy) is 1. The van der Waals surface area contributed by atoms with Gasteiger partial charge in [-0.25, -0.2) is 4.79 Å². The Labute approximate surface area is 170 Å². The molecule has 1 saturated heterocycles. The smallest absolute Gasteiger partial charge is 0.325 e. The SMILES string of the molecule is COc1ccc(CC[C@]2(C)NC(=O)N(CC(=O)N(C)c3ccccc3)C2=O)cc1. The largest absolute Gasteiger partial charge is 0.497 e. The third kappa shape index (κ3) is 4.39. The van der Waals surface area contributed by atoms with Crippen molar-refractivity contribution >= 4 is 23.5 Å². The number of amides is 4. The van der Waals surface area contributed by atoms with Gasteiger partial charge in [0.15, 0.2) is 0 Å². The first-order chi connectivity index (χ1) is 13.8. The maximum absolute atomic E-state index is 12.9.